The second-order valence-electron chi connectivity index (χ2n) is 11.2. The van der Waals surface area contributed by atoms with Crippen LogP contribution in [0.4, 0.5) is 0 Å². The van der Waals surface area contributed by atoms with Gasteiger partial charge in [0, 0.05) is 39.7 Å². The Kier molecular flexibility index (Phi) is 11.6. The van der Waals surface area contributed by atoms with Gasteiger partial charge in [0.2, 0.25) is 17.7 Å². The second-order valence-corrected chi connectivity index (χ2v) is 12.9. The molecule has 1 heterocycles. The van der Waals surface area contributed by atoms with E-state index < -0.39 is 6.04 Å². The molecule has 4 aromatic carbocycles. The summed E-state index contributed by atoms with van der Waals surface area (Å²) < 4.78 is 0. The number of hydrogen-bond acceptors (Lipinski definition) is 3. The van der Waals surface area contributed by atoms with Gasteiger partial charge in [-0.1, -0.05) is 113 Å². The number of nitrogens with one attached hydrogen (secondary N) is 1. The highest BCUT2D eigenvalue weighted by Crippen LogP contribution is 2.25. The van der Waals surface area contributed by atoms with E-state index in [0.717, 1.165) is 27.8 Å². The van der Waals surface area contributed by atoms with Gasteiger partial charge in [-0.2, -0.15) is 0 Å². The van der Waals surface area contributed by atoms with E-state index in [9.17, 15) is 14.4 Å². The Morgan fingerprint density at radius 2 is 1.33 bits per heavy atom. The lowest BCUT2D eigenvalue weighted by Crippen LogP contribution is -2.61. The number of benzene rings is 4. The van der Waals surface area contributed by atoms with Crippen molar-refractivity contribution in [2.75, 3.05) is 26.2 Å². The van der Waals surface area contributed by atoms with E-state index in [1.807, 2.05) is 42.5 Å². The van der Waals surface area contributed by atoms with Crippen LogP contribution in [0.3, 0.4) is 0 Å². The lowest BCUT2D eigenvalue weighted by atomic mass is 10.0. The molecule has 1 atom stereocenters. The van der Waals surface area contributed by atoms with Gasteiger partial charge in [-0.25, -0.2) is 0 Å². The van der Waals surface area contributed by atoms with Crippen LogP contribution in [0.25, 0.3) is 11.1 Å². The van der Waals surface area contributed by atoms with Gasteiger partial charge < -0.3 is 15.1 Å². The summed E-state index contributed by atoms with van der Waals surface area (Å²) in [4.78, 5) is 43.6. The van der Waals surface area contributed by atoms with Gasteiger partial charge in [-0.3, -0.25) is 14.4 Å². The lowest BCUT2D eigenvalue weighted by Gasteiger charge is -2.40. The van der Waals surface area contributed by atoms with Crippen molar-refractivity contribution in [3.63, 3.8) is 0 Å². The minimum atomic E-state index is -0.926. The summed E-state index contributed by atoms with van der Waals surface area (Å²) in [5, 5.41) is 4.97. The van der Waals surface area contributed by atoms with Crippen molar-refractivity contribution in [3.05, 3.63) is 128 Å². The Morgan fingerprint density at radius 3 is 1.96 bits per heavy atom. The molecule has 1 aliphatic rings. The highest BCUT2D eigenvalue weighted by Gasteiger charge is 2.40. The maximum atomic E-state index is 13.8. The van der Waals surface area contributed by atoms with Gasteiger partial charge in [0.25, 0.3) is 0 Å². The number of halogens is 4. The zero-order valence-electron chi connectivity index (χ0n) is 25.0. The van der Waals surface area contributed by atoms with Crippen LogP contribution in [0.15, 0.2) is 91.0 Å². The molecule has 238 valence electrons. The molecule has 1 aliphatic heterocycles. The van der Waals surface area contributed by atoms with Crippen molar-refractivity contribution in [3.8, 4) is 11.1 Å². The molecule has 4 aromatic rings. The zero-order valence-corrected chi connectivity index (χ0v) is 28.0. The molecule has 0 bridgehead atoms. The SMILES string of the molecule is O=C(CC1C(=O)N(CCc2ccc(Cl)cc2Cl)CC(=O)N1CCc1ccc(-c2ccccc2)cc1)NCCc1ccc(Cl)cc1Cl. The molecule has 1 N–H and O–H groups in total. The van der Waals surface area contributed by atoms with Gasteiger partial charge in [0.1, 0.15) is 6.04 Å². The summed E-state index contributed by atoms with van der Waals surface area (Å²) in [6.45, 7) is 0.851. The van der Waals surface area contributed by atoms with E-state index in [1.165, 1.54) is 4.90 Å². The molecule has 6 nitrogen and oxygen atoms in total. The number of hydrogen-bond donors (Lipinski definition) is 1. The number of rotatable bonds is 12. The van der Waals surface area contributed by atoms with Crippen molar-refractivity contribution < 1.29 is 14.4 Å². The molecular weight excluding hydrogens is 664 g/mol. The van der Waals surface area contributed by atoms with Crippen LogP contribution in [0.2, 0.25) is 20.1 Å². The standard InChI is InChI=1S/C36H33Cl4N3O3/c37-29-12-10-27(31(39)20-29)14-17-41-34(44)22-33-36(46)42(18-16-28-11-13-30(38)21-32(28)40)23-35(45)43(33)19-15-24-6-8-26(9-7-24)25-4-2-1-3-5-25/h1-13,20-21,33H,14-19,22-23H2,(H,41,44). The molecule has 0 radical (unpaired) electrons. The first kappa shape index (κ1) is 33.8. The predicted molar refractivity (Wildman–Crippen MR) is 186 cm³/mol. The Balaban J connectivity index is 1.26. The molecule has 1 unspecified atom stereocenters. The third-order valence-corrected chi connectivity index (χ3v) is 9.27. The van der Waals surface area contributed by atoms with E-state index >= 15 is 0 Å². The average Bonchev–Trinajstić information content (AvgIpc) is 3.04. The quantitative estimate of drug-likeness (QED) is 0.166. The summed E-state index contributed by atoms with van der Waals surface area (Å²) >= 11 is 24.7. The van der Waals surface area contributed by atoms with E-state index in [2.05, 4.69) is 29.6 Å². The first-order chi connectivity index (χ1) is 22.2. The molecule has 0 aliphatic carbocycles. The first-order valence-electron chi connectivity index (χ1n) is 15.0. The minimum absolute atomic E-state index is 0.0653. The van der Waals surface area contributed by atoms with Crippen LogP contribution in [0.1, 0.15) is 23.1 Å². The van der Waals surface area contributed by atoms with Crippen molar-refractivity contribution in [2.24, 2.45) is 0 Å². The van der Waals surface area contributed by atoms with Gasteiger partial charge in [-0.15, -0.1) is 0 Å². The smallest absolute Gasteiger partial charge is 0.246 e. The Hall–Kier alpha value is -3.55. The van der Waals surface area contributed by atoms with Crippen molar-refractivity contribution in [1.82, 2.24) is 15.1 Å². The van der Waals surface area contributed by atoms with E-state index in [1.54, 1.807) is 29.2 Å². The molecule has 0 saturated carbocycles. The van der Waals surface area contributed by atoms with Crippen molar-refractivity contribution in [1.29, 1.82) is 0 Å². The number of carbonyl (C=O) groups is 3. The summed E-state index contributed by atoms with van der Waals surface area (Å²) in [5.74, 6) is -0.787. The predicted octanol–water partition coefficient (Wildman–Crippen LogP) is 7.54. The summed E-state index contributed by atoms with van der Waals surface area (Å²) in [6.07, 6.45) is 1.34. The number of nitrogens with zero attached hydrogens (tertiary/aromatic N) is 2. The number of carbonyl (C=O) groups excluding carboxylic acids is 3. The average molecular weight is 697 g/mol. The van der Waals surface area contributed by atoms with Gasteiger partial charge in [0.05, 0.1) is 13.0 Å². The molecular formula is C36H33Cl4N3O3. The first-order valence-corrected chi connectivity index (χ1v) is 16.6. The van der Waals surface area contributed by atoms with E-state index in [4.69, 9.17) is 46.4 Å². The van der Waals surface area contributed by atoms with Gasteiger partial charge in [-0.05, 0) is 71.3 Å². The summed E-state index contributed by atoms with van der Waals surface area (Å²) in [5.41, 5.74) is 4.92. The third kappa shape index (κ3) is 8.83. The van der Waals surface area contributed by atoms with Gasteiger partial charge >= 0.3 is 0 Å². The van der Waals surface area contributed by atoms with Crippen LogP contribution in [-0.4, -0.2) is 59.7 Å². The summed E-state index contributed by atoms with van der Waals surface area (Å²) in [7, 11) is 0. The lowest BCUT2D eigenvalue weighted by molar-refractivity contribution is -0.157. The molecule has 0 aromatic heterocycles. The van der Waals surface area contributed by atoms with Crippen LogP contribution >= 0.6 is 46.4 Å². The Bertz CT molecular complexity index is 1700. The highest BCUT2D eigenvalue weighted by atomic mass is 35.5. The maximum Gasteiger partial charge on any atom is 0.246 e. The fraction of sp³-hybridized carbons (Fsp3) is 0.250. The normalized spacial score (nSPS) is 14.9. The monoisotopic (exact) mass is 695 g/mol. The maximum absolute atomic E-state index is 13.8. The zero-order chi connectivity index (χ0) is 32.6. The molecule has 5 rings (SSSR count). The molecule has 46 heavy (non-hydrogen) atoms. The Morgan fingerprint density at radius 1 is 0.717 bits per heavy atom. The van der Waals surface area contributed by atoms with Crippen LogP contribution < -0.4 is 5.32 Å². The molecule has 3 amide bonds. The van der Waals surface area contributed by atoms with E-state index in [0.29, 0.717) is 52.4 Å². The summed E-state index contributed by atoms with van der Waals surface area (Å²) in [6, 6.07) is 27.8. The second kappa shape index (κ2) is 15.8. The van der Waals surface area contributed by atoms with E-state index in [-0.39, 0.29) is 37.2 Å². The van der Waals surface area contributed by atoms with Gasteiger partial charge in [0.15, 0.2) is 0 Å². The topological polar surface area (TPSA) is 69.7 Å². The van der Waals surface area contributed by atoms with Crippen LogP contribution in [0.5, 0.6) is 0 Å². The molecule has 10 heteroatoms. The number of piperazine rings is 1. The van der Waals surface area contributed by atoms with Crippen LogP contribution in [-0.2, 0) is 33.6 Å². The van der Waals surface area contributed by atoms with Crippen LogP contribution in [0, 0.1) is 0 Å². The fourth-order valence-electron chi connectivity index (χ4n) is 5.55. The molecule has 0 spiro atoms. The highest BCUT2D eigenvalue weighted by molar-refractivity contribution is 6.35. The fourth-order valence-corrected chi connectivity index (χ4v) is 6.56. The molecule has 1 saturated heterocycles. The molecule has 1 fully saturated rings. The van der Waals surface area contributed by atoms with Crippen molar-refractivity contribution in [2.45, 2.75) is 31.7 Å². The van der Waals surface area contributed by atoms with Crippen molar-refractivity contribution >= 4 is 64.1 Å². The third-order valence-electron chi connectivity index (χ3n) is 8.10. The minimum Gasteiger partial charge on any atom is -0.356 e. The Labute approximate surface area is 289 Å². The largest absolute Gasteiger partial charge is 0.356 e. The number of amides is 3.